The van der Waals surface area contributed by atoms with Gasteiger partial charge < -0.3 is 10.2 Å². The molecule has 1 heterocycles. The summed E-state index contributed by atoms with van der Waals surface area (Å²) in [6, 6.07) is 6.46. The number of benzene rings is 1. The maximum absolute atomic E-state index is 10.7. The Hall–Kier alpha value is -1.43. The number of carboxylic acids is 1. The Morgan fingerprint density at radius 3 is 2.59 bits per heavy atom. The van der Waals surface area contributed by atoms with Gasteiger partial charge in [-0.25, -0.2) is 0 Å². The summed E-state index contributed by atoms with van der Waals surface area (Å²) >= 11 is 0. The Kier molecular flexibility index (Phi) is 5.94. The lowest BCUT2D eigenvalue weighted by molar-refractivity contribution is -0.137. The van der Waals surface area contributed by atoms with Crippen molar-refractivity contribution in [3.8, 4) is 0 Å². The minimum absolute atomic E-state index is 0.129. The number of nitrogens with zero attached hydrogens (tertiary/aromatic N) is 2. The van der Waals surface area contributed by atoms with Gasteiger partial charge in [0, 0.05) is 39.3 Å². The molecule has 1 saturated heterocycles. The van der Waals surface area contributed by atoms with Crippen LogP contribution in [0.3, 0.4) is 0 Å². The molecule has 1 unspecified atom stereocenters. The predicted octanol–water partition coefficient (Wildman–Crippen LogP) is 1.26. The molecule has 2 N–H and O–H groups in total. The lowest BCUT2D eigenvalue weighted by Gasteiger charge is -2.22. The minimum Gasteiger partial charge on any atom is -0.481 e. The number of carboxylic acid groups (broad SMARTS) is 1. The van der Waals surface area contributed by atoms with Crippen LogP contribution in [0.4, 0.5) is 0 Å². The maximum Gasteiger partial charge on any atom is 0.304 e. The zero-order valence-corrected chi connectivity index (χ0v) is 13.5. The molecular formula is C17H26N2O3. The molecule has 1 aromatic carbocycles. The van der Waals surface area contributed by atoms with Gasteiger partial charge in [-0.1, -0.05) is 23.8 Å². The Morgan fingerprint density at radius 2 is 1.91 bits per heavy atom. The van der Waals surface area contributed by atoms with Crippen LogP contribution in [0.2, 0.25) is 0 Å². The summed E-state index contributed by atoms with van der Waals surface area (Å²) in [5, 5.41) is 18.9. The SMILES string of the molecule is Cc1ccc(CN2CCN(CCC(=O)O)CC(O)C2)c(C)c1. The van der Waals surface area contributed by atoms with Crippen LogP contribution in [0.25, 0.3) is 0 Å². The van der Waals surface area contributed by atoms with Gasteiger partial charge in [0.15, 0.2) is 0 Å². The Balaban J connectivity index is 1.94. The maximum atomic E-state index is 10.7. The van der Waals surface area contributed by atoms with E-state index in [2.05, 4.69) is 36.9 Å². The van der Waals surface area contributed by atoms with E-state index in [4.69, 9.17) is 5.11 Å². The van der Waals surface area contributed by atoms with E-state index >= 15 is 0 Å². The van der Waals surface area contributed by atoms with Crippen molar-refractivity contribution in [2.45, 2.75) is 32.9 Å². The molecule has 1 aliphatic rings. The number of hydrogen-bond acceptors (Lipinski definition) is 4. The number of hydrogen-bond donors (Lipinski definition) is 2. The second-order valence-corrected chi connectivity index (χ2v) is 6.26. The van der Waals surface area contributed by atoms with Crippen LogP contribution >= 0.6 is 0 Å². The van der Waals surface area contributed by atoms with Crippen molar-refractivity contribution in [1.82, 2.24) is 9.80 Å². The summed E-state index contributed by atoms with van der Waals surface area (Å²) in [7, 11) is 0. The summed E-state index contributed by atoms with van der Waals surface area (Å²) in [4.78, 5) is 15.0. The normalized spacial score (nSPS) is 20.8. The second-order valence-electron chi connectivity index (χ2n) is 6.26. The van der Waals surface area contributed by atoms with Crippen LogP contribution < -0.4 is 0 Å². The van der Waals surface area contributed by atoms with Crippen LogP contribution in [0.1, 0.15) is 23.1 Å². The molecule has 5 heteroatoms. The largest absolute Gasteiger partial charge is 0.481 e. The molecule has 1 aliphatic heterocycles. The Morgan fingerprint density at radius 1 is 1.23 bits per heavy atom. The Labute approximate surface area is 132 Å². The summed E-state index contributed by atoms with van der Waals surface area (Å²) < 4.78 is 0. The van der Waals surface area contributed by atoms with Crippen LogP contribution in [-0.2, 0) is 11.3 Å². The van der Waals surface area contributed by atoms with Crippen molar-refractivity contribution in [2.75, 3.05) is 32.7 Å². The highest BCUT2D eigenvalue weighted by Crippen LogP contribution is 2.15. The number of aliphatic carboxylic acids is 1. The number of carbonyl (C=O) groups is 1. The molecule has 5 nitrogen and oxygen atoms in total. The molecule has 1 fully saturated rings. The molecule has 0 spiro atoms. The van der Waals surface area contributed by atoms with Gasteiger partial charge in [0.2, 0.25) is 0 Å². The van der Waals surface area contributed by atoms with Gasteiger partial charge in [0.05, 0.1) is 12.5 Å². The molecule has 0 aromatic heterocycles. The summed E-state index contributed by atoms with van der Waals surface area (Å²) in [6.07, 6.45) is -0.300. The van der Waals surface area contributed by atoms with Crippen molar-refractivity contribution >= 4 is 5.97 Å². The monoisotopic (exact) mass is 306 g/mol. The van der Waals surface area contributed by atoms with E-state index in [-0.39, 0.29) is 6.42 Å². The van der Waals surface area contributed by atoms with E-state index in [1.165, 1.54) is 16.7 Å². The average molecular weight is 306 g/mol. The van der Waals surface area contributed by atoms with Crippen LogP contribution in [0.5, 0.6) is 0 Å². The third kappa shape index (κ3) is 5.09. The quantitative estimate of drug-likeness (QED) is 0.857. The van der Waals surface area contributed by atoms with Crippen molar-refractivity contribution in [2.24, 2.45) is 0 Å². The van der Waals surface area contributed by atoms with Crippen molar-refractivity contribution in [3.63, 3.8) is 0 Å². The molecule has 0 saturated carbocycles. The molecule has 2 rings (SSSR count). The molecule has 122 valence electrons. The van der Waals surface area contributed by atoms with Gasteiger partial charge in [0.1, 0.15) is 0 Å². The predicted molar refractivity (Wildman–Crippen MR) is 85.9 cm³/mol. The molecular weight excluding hydrogens is 280 g/mol. The third-order valence-corrected chi connectivity index (χ3v) is 4.20. The molecule has 22 heavy (non-hydrogen) atoms. The van der Waals surface area contributed by atoms with Crippen molar-refractivity contribution in [1.29, 1.82) is 0 Å². The number of β-amino-alcohol motifs (C(OH)–C–C–N with tert-alkyl or cyclic N) is 1. The van der Waals surface area contributed by atoms with E-state index in [0.717, 1.165) is 19.6 Å². The Bertz CT molecular complexity index is 519. The average Bonchev–Trinajstić information content (AvgIpc) is 2.61. The number of aliphatic hydroxyl groups is 1. The van der Waals surface area contributed by atoms with Crippen LogP contribution in [-0.4, -0.2) is 64.8 Å². The molecule has 0 aliphatic carbocycles. The summed E-state index contributed by atoms with van der Waals surface area (Å²) in [6.45, 7) is 8.38. The van der Waals surface area contributed by atoms with Crippen LogP contribution in [0.15, 0.2) is 18.2 Å². The van der Waals surface area contributed by atoms with Gasteiger partial charge in [-0.15, -0.1) is 0 Å². The molecule has 0 amide bonds. The highest BCUT2D eigenvalue weighted by atomic mass is 16.4. The van der Waals surface area contributed by atoms with E-state index in [9.17, 15) is 9.90 Å². The number of rotatable bonds is 5. The van der Waals surface area contributed by atoms with E-state index < -0.39 is 12.1 Å². The highest BCUT2D eigenvalue weighted by molar-refractivity contribution is 5.66. The van der Waals surface area contributed by atoms with Gasteiger partial charge in [-0.2, -0.15) is 0 Å². The minimum atomic E-state index is -0.786. The van der Waals surface area contributed by atoms with Crippen LogP contribution in [0, 0.1) is 13.8 Å². The molecule has 1 aromatic rings. The topological polar surface area (TPSA) is 64.0 Å². The van der Waals surface area contributed by atoms with Gasteiger partial charge >= 0.3 is 5.97 Å². The van der Waals surface area contributed by atoms with E-state index in [1.54, 1.807) is 0 Å². The first-order valence-electron chi connectivity index (χ1n) is 7.84. The first-order chi connectivity index (χ1) is 10.4. The van der Waals surface area contributed by atoms with E-state index in [1.807, 2.05) is 4.90 Å². The molecule has 0 radical (unpaired) electrons. The summed E-state index contributed by atoms with van der Waals surface area (Å²) in [5.41, 5.74) is 3.83. The smallest absolute Gasteiger partial charge is 0.304 e. The second kappa shape index (κ2) is 7.72. The highest BCUT2D eigenvalue weighted by Gasteiger charge is 2.21. The fraction of sp³-hybridized carbons (Fsp3) is 0.588. The van der Waals surface area contributed by atoms with E-state index in [0.29, 0.717) is 19.6 Å². The lowest BCUT2D eigenvalue weighted by Crippen LogP contribution is -2.34. The van der Waals surface area contributed by atoms with Gasteiger partial charge in [-0.3, -0.25) is 14.6 Å². The number of aryl methyl sites for hydroxylation is 2. The first-order valence-corrected chi connectivity index (χ1v) is 7.84. The first kappa shape index (κ1) is 16.9. The van der Waals surface area contributed by atoms with Gasteiger partial charge in [-0.05, 0) is 25.0 Å². The van der Waals surface area contributed by atoms with Crippen molar-refractivity contribution in [3.05, 3.63) is 34.9 Å². The van der Waals surface area contributed by atoms with Gasteiger partial charge in [0.25, 0.3) is 0 Å². The lowest BCUT2D eigenvalue weighted by atomic mass is 10.1. The fourth-order valence-electron chi connectivity index (χ4n) is 2.98. The standard InChI is InChI=1S/C17H26N2O3/c1-13-3-4-15(14(2)9-13)10-19-8-7-18(6-5-17(21)22)11-16(20)12-19/h3-4,9,16,20H,5-8,10-12H2,1-2H3,(H,21,22). The molecule has 1 atom stereocenters. The number of aliphatic hydroxyl groups excluding tert-OH is 1. The molecule has 0 bridgehead atoms. The van der Waals surface area contributed by atoms with Crippen molar-refractivity contribution < 1.29 is 15.0 Å². The zero-order chi connectivity index (χ0) is 16.1. The third-order valence-electron chi connectivity index (χ3n) is 4.20. The zero-order valence-electron chi connectivity index (χ0n) is 13.5. The summed E-state index contributed by atoms with van der Waals surface area (Å²) in [5.74, 6) is -0.786. The fourth-order valence-corrected chi connectivity index (χ4v) is 2.98.